The summed E-state index contributed by atoms with van der Waals surface area (Å²) in [4.78, 5) is 66.3. The van der Waals surface area contributed by atoms with Gasteiger partial charge in [0.15, 0.2) is 5.60 Å². The van der Waals surface area contributed by atoms with Crippen LogP contribution >= 0.6 is 11.6 Å². The normalized spacial score (nSPS) is 20.3. The molecule has 2 atom stereocenters. The highest BCUT2D eigenvalue weighted by atomic mass is 35.5. The summed E-state index contributed by atoms with van der Waals surface area (Å²) in [6.07, 6.45) is 1.67. The number of anilines is 2. The summed E-state index contributed by atoms with van der Waals surface area (Å²) in [6, 6.07) is 9.77. The fourth-order valence-electron chi connectivity index (χ4n) is 5.52. The number of fused-ring (bicyclic) bond motifs is 2. The molecule has 2 heterocycles. The van der Waals surface area contributed by atoms with E-state index in [-0.39, 0.29) is 30.5 Å². The van der Waals surface area contributed by atoms with Gasteiger partial charge in [-0.05, 0) is 74.6 Å². The van der Waals surface area contributed by atoms with Crippen LogP contribution in [-0.4, -0.2) is 72.1 Å². The minimum absolute atomic E-state index is 0.0272. The van der Waals surface area contributed by atoms with Crippen molar-refractivity contribution in [3.8, 4) is 0 Å². The van der Waals surface area contributed by atoms with E-state index in [1.807, 2.05) is 0 Å². The molecule has 0 radical (unpaired) electrons. The Hall–Kier alpha value is -4.32. The summed E-state index contributed by atoms with van der Waals surface area (Å²) in [7, 11) is 1.38. The van der Waals surface area contributed by atoms with Crippen LogP contribution in [-0.2, 0) is 19.9 Å². The van der Waals surface area contributed by atoms with Crippen LogP contribution in [0.25, 0.3) is 0 Å². The Morgan fingerprint density at radius 2 is 1.90 bits per heavy atom. The van der Waals surface area contributed by atoms with Gasteiger partial charge in [-0.1, -0.05) is 11.6 Å². The van der Waals surface area contributed by atoms with Crippen molar-refractivity contribution >= 4 is 52.9 Å². The molecular weight excluding hydrogens is 566 g/mol. The summed E-state index contributed by atoms with van der Waals surface area (Å²) in [5.41, 5.74) is 0.627. The number of piperidine rings is 1. The second-order valence-corrected chi connectivity index (χ2v) is 11.3. The van der Waals surface area contributed by atoms with E-state index in [1.54, 1.807) is 18.2 Å². The van der Waals surface area contributed by atoms with Crippen LogP contribution in [0, 0.1) is 0 Å². The molecular formula is C29H32ClN5O7. The van der Waals surface area contributed by atoms with E-state index in [4.69, 9.17) is 16.3 Å². The molecule has 2 aromatic carbocycles. The largest absolute Gasteiger partial charge is 0.465 e. The van der Waals surface area contributed by atoms with Gasteiger partial charge in [0.1, 0.15) is 6.04 Å². The minimum atomic E-state index is -1.19. The SMILES string of the molecule is CN(C(=O)O)c1ccc(C(=O)N[C@@H](CC(=O)NC2CCC2)C(=O)N2CCC[C@@]3(C2)OC(=O)Nc2ccc(Cl)cc23)cc1. The quantitative estimate of drug-likeness (QED) is 0.379. The van der Waals surface area contributed by atoms with E-state index in [9.17, 15) is 29.1 Å². The lowest BCUT2D eigenvalue weighted by Crippen LogP contribution is -2.58. The third kappa shape index (κ3) is 6.13. The second-order valence-electron chi connectivity index (χ2n) is 10.9. The molecule has 3 aliphatic rings. The molecule has 42 heavy (non-hydrogen) atoms. The molecule has 5 rings (SSSR count). The Bertz CT molecular complexity index is 1410. The van der Waals surface area contributed by atoms with E-state index < -0.39 is 35.6 Å². The molecule has 1 saturated heterocycles. The third-order valence-corrected chi connectivity index (χ3v) is 8.27. The first-order valence-corrected chi connectivity index (χ1v) is 14.2. The van der Waals surface area contributed by atoms with Crippen LogP contribution in [0.4, 0.5) is 21.0 Å². The fourth-order valence-corrected chi connectivity index (χ4v) is 5.69. The zero-order valence-electron chi connectivity index (χ0n) is 23.0. The predicted octanol–water partition coefficient (Wildman–Crippen LogP) is 3.69. The standard InChI is InChI=1S/C29H32ClN5O7/c1-34(28(40)41)20-9-6-17(7-10-20)25(37)32-23(15-24(36)31-19-4-2-5-19)26(38)35-13-3-12-29(16-35)21-14-18(30)8-11-22(21)33-27(39)42-29/h6-11,14,19,23H,2-5,12-13,15-16H2,1H3,(H,31,36)(H,32,37)(H,33,39)(H,40,41)/t23-,29-/m0/s1. The third-order valence-electron chi connectivity index (χ3n) is 8.03. The average molecular weight is 598 g/mol. The van der Waals surface area contributed by atoms with E-state index in [2.05, 4.69) is 16.0 Å². The summed E-state index contributed by atoms with van der Waals surface area (Å²) >= 11 is 6.27. The summed E-state index contributed by atoms with van der Waals surface area (Å²) < 4.78 is 5.80. The van der Waals surface area contributed by atoms with Crippen molar-refractivity contribution in [1.29, 1.82) is 0 Å². The van der Waals surface area contributed by atoms with Crippen molar-refractivity contribution in [3.63, 3.8) is 0 Å². The Balaban J connectivity index is 1.37. The number of ether oxygens (including phenoxy) is 1. The van der Waals surface area contributed by atoms with Crippen molar-refractivity contribution in [1.82, 2.24) is 15.5 Å². The van der Waals surface area contributed by atoms with E-state index >= 15 is 0 Å². The number of hydrogen-bond acceptors (Lipinski definition) is 6. The van der Waals surface area contributed by atoms with Crippen LogP contribution in [0.2, 0.25) is 5.02 Å². The van der Waals surface area contributed by atoms with Gasteiger partial charge in [0, 0.05) is 41.5 Å². The number of nitrogens with one attached hydrogen (secondary N) is 3. The molecule has 1 saturated carbocycles. The Morgan fingerprint density at radius 1 is 1.17 bits per heavy atom. The Labute approximate surface area is 247 Å². The van der Waals surface area contributed by atoms with E-state index in [0.717, 1.165) is 24.2 Å². The number of carbonyl (C=O) groups excluding carboxylic acids is 4. The molecule has 2 fully saturated rings. The van der Waals surface area contributed by atoms with Crippen LogP contribution in [0.3, 0.4) is 0 Å². The fraction of sp³-hybridized carbons (Fsp3) is 0.414. The van der Waals surface area contributed by atoms with Crippen molar-refractivity contribution in [2.24, 2.45) is 0 Å². The Morgan fingerprint density at radius 3 is 2.57 bits per heavy atom. The lowest BCUT2D eigenvalue weighted by atomic mass is 9.83. The molecule has 2 aliphatic heterocycles. The first-order chi connectivity index (χ1) is 20.0. The molecule has 222 valence electrons. The van der Waals surface area contributed by atoms with Crippen LogP contribution in [0.5, 0.6) is 0 Å². The monoisotopic (exact) mass is 597 g/mol. The van der Waals surface area contributed by atoms with Crippen LogP contribution < -0.4 is 20.9 Å². The van der Waals surface area contributed by atoms with Gasteiger partial charge < -0.3 is 25.4 Å². The molecule has 4 N–H and O–H groups in total. The van der Waals surface area contributed by atoms with Crippen LogP contribution in [0.15, 0.2) is 42.5 Å². The zero-order chi connectivity index (χ0) is 30.0. The van der Waals surface area contributed by atoms with E-state index in [0.29, 0.717) is 41.3 Å². The highest BCUT2D eigenvalue weighted by Crippen LogP contribution is 2.43. The van der Waals surface area contributed by atoms with Gasteiger partial charge in [0.25, 0.3) is 5.91 Å². The Kier molecular flexibility index (Phi) is 8.26. The lowest BCUT2D eigenvalue weighted by molar-refractivity contribution is -0.142. The van der Waals surface area contributed by atoms with Gasteiger partial charge in [-0.15, -0.1) is 0 Å². The zero-order valence-corrected chi connectivity index (χ0v) is 23.8. The second kappa shape index (κ2) is 11.9. The molecule has 0 aromatic heterocycles. The highest BCUT2D eigenvalue weighted by Gasteiger charge is 2.47. The van der Waals surface area contributed by atoms with Gasteiger partial charge >= 0.3 is 12.2 Å². The molecule has 0 bridgehead atoms. The number of hydrogen-bond donors (Lipinski definition) is 4. The number of rotatable bonds is 7. The van der Waals surface area contributed by atoms with Crippen molar-refractivity contribution in [2.75, 3.05) is 30.4 Å². The number of carboxylic acid groups (broad SMARTS) is 1. The van der Waals surface area contributed by atoms with Crippen LogP contribution in [0.1, 0.15) is 54.4 Å². The predicted molar refractivity (Wildman–Crippen MR) is 154 cm³/mol. The number of halogens is 1. The molecule has 13 heteroatoms. The number of nitrogens with zero attached hydrogens (tertiary/aromatic N) is 2. The smallest absolute Gasteiger partial charge is 0.412 e. The number of amides is 5. The molecule has 2 aromatic rings. The topological polar surface area (TPSA) is 157 Å². The number of benzene rings is 2. The van der Waals surface area contributed by atoms with Gasteiger partial charge in [-0.3, -0.25) is 24.6 Å². The van der Waals surface area contributed by atoms with Gasteiger partial charge in [-0.25, -0.2) is 9.59 Å². The molecule has 1 aliphatic carbocycles. The maximum absolute atomic E-state index is 14.0. The maximum atomic E-state index is 14.0. The number of likely N-dealkylation sites (tertiary alicyclic amines) is 1. The summed E-state index contributed by atoms with van der Waals surface area (Å²) in [5.74, 6) is -1.42. The molecule has 1 spiro atoms. The van der Waals surface area contributed by atoms with E-state index in [1.165, 1.54) is 36.2 Å². The first-order valence-electron chi connectivity index (χ1n) is 13.8. The summed E-state index contributed by atoms with van der Waals surface area (Å²) in [5, 5.41) is 17.9. The van der Waals surface area contributed by atoms with Crippen molar-refractivity contribution < 1.29 is 33.8 Å². The minimum Gasteiger partial charge on any atom is -0.465 e. The molecule has 5 amide bonds. The number of carbonyl (C=O) groups is 5. The first kappa shape index (κ1) is 29.2. The van der Waals surface area contributed by atoms with Crippen molar-refractivity contribution in [3.05, 3.63) is 58.6 Å². The van der Waals surface area contributed by atoms with Gasteiger partial charge in [0.05, 0.1) is 18.7 Å². The molecule has 0 unspecified atom stereocenters. The van der Waals surface area contributed by atoms with Crippen molar-refractivity contribution in [2.45, 2.75) is 56.2 Å². The maximum Gasteiger partial charge on any atom is 0.412 e. The average Bonchev–Trinajstić information content (AvgIpc) is 2.94. The lowest BCUT2D eigenvalue weighted by Gasteiger charge is -2.45. The molecule has 12 nitrogen and oxygen atoms in total. The highest BCUT2D eigenvalue weighted by molar-refractivity contribution is 6.30. The summed E-state index contributed by atoms with van der Waals surface area (Å²) in [6.45, 7) is 0.369. The van der Waals surface area contributed by atoms with Gasteiger partial charge in [0.2, 0.25) is 11.8 Å². The van der Waals surface area contributed by atoms with Gasteiger partial charge in [-0.2, -0.15) is 0 Å².